The van der Waals surface area contributed by atoms with Gasteiger partial charge in [0, 0.05) is 6.04 Å². The van der Waals surface area contributed by atoms with Crippen LogP contribution in [0.3, 0.4) is 0 Å². The Hall–Kier alpha value is -1.30. The van der Waals surface area contributed by atoms with E-state index in [4.69, 9.17) is 5.11 Å². The predicted molar refractivity (Wildman–Crippen MR) is 70.7 cm³/mol. The van der Waals surface area contributed by atoms with E-state index in [1.54, 1.807) is 0 Å². The molecule has 0 aromatic heterocycles. The molecule has 0 radical (unpaired) electrons. The fourth-order valence-electron chi connectivity index (χ4n) is 2.53. The SMILES string of the molecule is CC1CCCC(NC(=O)N[C@H](C(=O)O)[C@@H](C)O)C1C. The second-order valence-corrected chi connectivity index (χ2v) is 5.55. The van der Waals surface area contributed by atoms with E-state index in [0.29, 0.717) is 11.8 Å². The molecule has 1 saturated carbocycles. The van der Waals surface area contributed by atoms with Gasteiger partial charge in [0.25, 0.3) is 0 Å². The first-order chi connectivity index (χ1) is 8.82. The van der Waals surface area contributed by atoms with Crippen LogP contribution < -0.4 is 10.6 Å². The maximum absolute atomic E-state index is 11.8. The standard InChI is InChI=1S/C13H24N2O4/c1-7-5-4-6-10(8(7)2)14-13(19)15-11(9(3)16)12(17)18/h7-11,16H,4-6H2,1-3H3,(H,17,18)(H2,14,15,19)/t7?,8?,9-,10?,11+/m1/s1. The summed E-state index contributed by atoms with van der Waals surface area (Å²) in [5, 5.41) is 23.3. The quantitative estimate of drug-likeness (QED) is 0.612. The van der Waals surface area contributed by atoms with Crippen LogP contribution in [0.5, 0.6) is 0 Å². The lowest BCUT2D eigenvalue weighted by atomic mass is 9.78. The molecule has 1 fully saturated rings. The molecule has 0 spiro atoms. The number of carbonyl (C=O) groups is 2. The minimum Gasteiger partial charge on any atom is -0.480 e. The monoisotopic (exact) mass is 272 g/mol. The summed E-state index contributed by atoms with van der Waals surface area (Å²) in [4.78, 5) is 22.7. The molecule has 19 heavy (non-hydrogen) atoms. The van der Waals surface area contributed by atoms with Crippen LogP contribution in [-0.2, 0) is 4.79 Å². The van der Waals surface area contributed by atoms with Crippen molar-refractivity contribution in [1.29, 1.82) is 0 Å². The molecule has 1 rings (SSSR count). The molecule has 4 N–H and O–H groups in total. The van der Waals surface area contributed by atoms with Crippen LogP contribution in [0, 0.1) is 11.8 Å². The van der Waals surface area contributed by atoms with Crippen molar-refractivity contribution in [2.75, 3.05) is 0 Å². The maximum Gasteiger partial charge on any atom is 0.328 e. The smallest absolute Gasteiger partial charge is 0.328 e. The van der Waals surface area contributed by atoms with Crippen LogP contribution >= 0.6 is 0 Å². The van der Waals surface area contributed by atoms with Crippen molar-refractivity contribution in [1.82, 2.24) is 10.6 Å². The van der Waals surface area contributed by atoms with Gasteiger partial charge < -0.3 is 20.8 Å². The van der Waals surface area contributed by atoms with Crippen molar-refractivity contribution < 1.29 is 19.8 Å². The number of nitrogens with one attached hydrogen (secondary N) is 2. The van der Waals surface area contributed by atoms with E-state index in [2.05, 4.69) is 24.5 Å². The fourth-order valence-corrected chi connectivity index (χ4v) is 2.53. The summed E-state index contributed by atoms with van der Waals surface area (Å²) in [5.41, 5.74) is 0. The highest BCUT2D eigenvalue weighted by Crippen LogP contribution is 2.29. The van der Waals surface area contributed by atoms with Gasteiger partial charge in [-0.2, -0.15) is 0 Å². The highest BCUT2D eigenvalue weighted by atomic mass is 16.4. The minimum atomic E-state index is -1.28. The third-order valence-electron chi connectivity index (χ3n) is 4.06. The minimum absolute atomic E-state index is 0.0622. The summed E-state index contributed by atoms with van der Waals surface area (Å²) in [7, 11) is 0. The number of hydrogen-bond acceptors (Lipinski definition) is 3. The van der Waals surface area contributed by atoms with Crippen LogP contribution in [0.15, 0.2) is 0 Å². The van der Waals surface area contributed by atoms with Crippen LogP contribution in [-0.4, -0.2) is 40.4 Å². The number of aliphatic hydroxyl groups is 1. The number of rotatable bonds is 4. The summed E-state index contributed by atoms with van der Waals surface area (Å²) in [5.74, 6) is -0.323. The van der Waals surface area contributed by atoms with Crippen molar-refractivity contribution >= 4 is 12.0 Å². The average molecular weight is 272 g/mol. The van der Waals surface area contributed by atoms with E-state index < -0.39 is 24.1 Å². The van der Waals surface area contributed by atoms with Crippen molar-refractivity contribution in [2.24, 2.45) is 11.8 Å². The third kappa shape index (κ3) is 4.38. The van der Waals surface area contributed by atoms with Gasteiger partial charge in [-0.15, -0.1) is 0 Å². The number of urea groups is 1. The van der Waals surface area contributed by atoms with E-state index >= 15 is 0 Å². The Morgan fingerprint density at radius 2 is 1.89 bits per heavy atom. The highest BCUT2D eigenvalue weighted by molar-refractivity contribution is 5.83. The number of hydrogen-bond donors (Lipinski definition) is 4. The van der Waals surface area contributed by atoms with Crippen LogP contribution in [0.25, 0.3) is 0 Å². The summed E-state index contributed by atoms with van der Waals surface area (Å²) in [6, 6.07) is -1.75. The number of aliphatic carboxylic acids is 1. The first-order valence-electron chi connectivity index (χ1n) is 6.80. The Bertz CT molecular complexity index is 333. The third-order valence-corrected chi connectivity index (χ3v) is 4.06. The van der Waals surface area contributed by atoms with E-state index in [1.807, 2.05) is 0 Å². The normalized spacial score (nSPS) is 30.2. The molecule has 0 bridgehead atoms. The molecule has 2 amide bonds. The molecule has 0 aromatic rings. The van der Waals surface area contributed by atoms with Gasteiger partial charge in [-0.1, -0.05) is 26.7 Å². The lowest BCUT2D eigenvalue weighted by Gasteiger charge is -2.34. The van der Waals surface area contributed by atoms with Crippen molar-refractivity contribution in [2.45, 2.75) is 58.2 Å². The second-order valence-electron chi connectivity index (χ2n) is 5.55. The molecular formula is C13H24N2O4. The van der Waals surface area contributed by atoms with Gasteiger partial charge in [0.05, 0.1) is 6.10 Å². The molecule has 0 aliphatic heterocycles. The summed E-state index contributed by atoms with van der Waals surface area (Å²) in [6.45, 7) is 5.59. The topological polar surface area (TPSA) is 98.7 Å². The molecule has 0 saturated heterocycles. The van der Waals surface area contributed by atoms with Gasteiger partial charge in [0.1, 0.15) is 0 Å². The Morgan fingerprint density at radius 3 is 2.42 bits per heavy atom. The lowest BCUT2D eigenvalue weighted by molar-refractivity contribution is -0.141. The van der Waals surface area contributed by atoms with Gasteiger partial charge >= 0.3 is 12.0 Å². The maximum atomic E-state index is 11.8. The molecule has 6 heteroatoms. The van der Waals surface area contributed by atoms with Gasteiger partial charge in [0.2, 0.25) is 0 Å². The molecule has 1 aliphatic carbocycles. The predicted octanol–water partition coefficient (Wildman–Crippen LogP) is 0.944. The van der Waals surface area contributed by atoms with Gasteiger partial charge in [-0.25, -0.2) is 9.59 Å². The van der Waals surface area contributed by atoms with Crippen molar-refractivity contribution in [3.8, 4) is 0 Å². The number of carboxylic acids is 1. The number of amides is 2. The van der Waals surface area contributed by atoms with E-state index in [9.17, 15) is 14.7 Å². The van der Waals surface area contributed by atoms with E-state index in [0.717, 1.165) is 19.3 Å². The van der Waals surface area contributed by atoms with Crippen molar-refractivity contribution in [3.05, 3.63) is 0 Å². The van der Waals surface area contributed by atoms with Gasteiger partial charge in [0.15, 0.2) is 6.04 Å². The Kier molecular flexibility index (Phi) is 5.60. The molecule has 5 atom stereocenters. The largest absolute Gasteiger partial charge is 0.480 e. The van der Waals surface area contributed by atoms with Gasteiger partial charge in [-0.05, 0) is 25.2 Å². The Morgan fingerprint density at radius 1 is 1.26 bits per heavy atom. The second kappa shape index (κ2) is 6.75. The zero-order chi connectivity index (χ0) is 14.6. The summed E-state index contributed by atoms with van der Waals surface area (Å²) < 4.78 is 0. The lowest BCUT2D eigenvalue weighted by Crippen LogP contribution is -2.54. The Labute approximate surface area is 113 Å². The molecule has 6 nitrogen and oxygen atoms in total. The van der Waals surface area contributed by atoms with Crippen LogP contribution in [0.2, 0.25) is 0 Å². The first-order valence-corrected chi connectivity index (χ1v) is 6.80. The highest BCUT2D eigenvalue weighted by Gasteiger charge is 2.30. The van der Waals surface area contributed by atoms with E-state index in [1.165, 1.54) is 6.92 Å². The molecule has 3 unspecified atom stereocenters. The number of carboxylic acid groups (broad SMARTS) is 1. The molecular weight excluding hydrogens is 248 g/mol. The van der Waals surface area contributed by atoms with Gasteiger partial charge in [-0.3, -0.25) is 0 Å². The number of aliphatic hydroxyl groups excluding tert-OH is 1. The Balaban J connectivity index is 2.52. The summed E-state index contributed by atoms with van der Waals surface area (Å²) in [6.07, 6.45) is 2.00. The first kappa shape index (κ1) is 15.8. The van der Waals surface area contributed by atoms with E-state index in [-0.39, 0.29) is 6.04 Å². The van der Waals surface area contributed by atoms with Crippen molar-refractivity contribution in [3.63, 3.8) is 0 Å². The zero-order valence-corrected chi connectivity index (χ0v) is 11.7. The fraction of sp³-hybridized carbons (Fsp3) is 0.846. The molecule has 0 heterocycles. The molecule has 110 valence electrons. The number of carbonyl (C=O) groups excluding carboxylic acids is 1. The van der Waals surface area contributed by atoms with Crippen LogP contribution in [0.4, 0.5) is 4.79 Å². The molecule has 1 aliphatic rings. The molecule has 0 aromatic carbocycles. The zero-order valence-electron chi connectivity index (χ0n) is 11.7. The average Bonchev–Trinajstić information content (AvgIpc) is 2.31. The van der Waals surface area contributed by atoms with Crippen LogP contribution in [0.1, 0.15) is 40.0 Å². The summed E-state index contributed by atoms with van der Waals surface area (Å²) >= 11 is 0.